The highest BCUT2D eigenvalue weighted by Gasteiger charge is 2.38. The highest BCUT2D eigenvalue weighted by Crippen LogP contribution is 2.30. The maximum Gasteiger partial charge on any atom is 0.490 e. The first-order valence-corrected chi connectivity index (χ1v) is 13.4. The smallest absolute Gasteiger partial charge is 0.490 e. The summed E-state index contributed by atoms with van der Waals surface area (Å²) < 4.78 is 37.7. The van der Waals surface area contributed by atoms with Crippen LogP contribution < -0.4 is 20.7 Å². The number of ether oxygens (including phenoxy) is 1. The molecule has 0 atom stereocenters. The standard InChI is InChI=1S/C22H17ClN6O2S2.C2HF3O2/c23-18-12-25-21-27-15-8-13(20(30)29-22-24-4-6-33-22)9-16(10-15)31-5-7-32-17-3-1-2-14(11-17)26-19(18)28-21;3-2(4,5)1(6)7/h1-4,6,8-12H,5,7H2,(H,24,29,30)(H2,25,26,27,28);(H,6,7). The molecule has 10 nitrogen and oxygen atoms in total. The number of alkyl halides is 3. The number of aliphatic carboxylic acids is 1. The fourth-order valence-electron chi connectivity index (χ4n) is 3.10. The molecule has 0 spiro atoms. The van der Waals surface area contributed by atoms with Crippen LogP contribution in [0.3, 0.4) is 0 Å². The summed E-state index contributed by atoms with van der Waals surface area (Å²) in [5.41, 5.74) is 1.89. The van der Waals surface area contributed by atoms with Gasteiger partial charge in [-0.25, -0.2) is 14.8 Å². The fraction of sp³-hybridized carbons (Fsp3) is 0.125. The lowest BCUT2D eigenvalue weighted by molar-refractivity contribution is -0.192. The number of anilines is 5. The number of hydrogen-bond acceptors (Lipinski definition) is 10. The Bertz CT molecular complexity index is 1510. The normalized spacial score (nSPS) is 12.6. The minimum atomic E-state index is -5.08. The third-order valence-electron chi connectivity index (χ3n) is 4.78. The Balaban J connectivity index is 0.000000470. The number of amides is 1. The van der Waals surface area contributed by atoms with Crippen molar-refractivity contribution in [1.29, 1.82) is 0 Å². The van der Waals surface area contributed by atoms with Gasteiger partial charge in [-0.1, -0.05) is 17.7 Å². The molecule has 0 radical (unpaired) electrons. The molecule has 1 aliphatic heterocycles. The highest BCUT2D eigenvalue weighted by molar-refractivity contribution is 7.99. The van der Waals surface area contributed by atoms with E-state index in [1.165, 1.54) is 17.5 Å². The van der Waals surface area contributed by atoms with Crippen molar-refractivity contribution in [3.63, 3.8) is 0 Å². The molecule has 3 heterocycles. The molecule has 1 amide bonds. The van der Waals surface area contributed by atoms with Crippen LogP contribution in [0.1, 0.15) is 10.4 Å². The van der Waals surface area contributed by atoms with Crippen LogP contribution in [0.5, 0.6) is 5.75 Å². The number of carboxylic acid groups (broad SMARTS) is 1. The summed E-state index contributed by atoms with van der Waals surface area (Å²) in [5, 5.41) is 19.0. The van der Waals surface area contributed by atoms with Gasteiger partial charge < -0.3 is 20.5 Å². The number of benzene rings is 2. The molecule has 6 bridgehead atoms. The predicted octanol–water partition coefficient (Wildman–Crippen LogP) is 6.44. The number of carbonyl (C=O) groups excluding carboxylic acids is 1. The Labute approximate surface area is 238 Å². The van der Waals surface area contributed by atoms with E-state index in [-0.39, 0.29) is 5.91 Å². The molecule has 0 aliphatic carbocycles. The number of carboxylic acids is 1. The lowest BCUT2D eigenvalue weighted by Crippen LogP contribution is -2.21. The fourth-order valence-corrected chi connectivity index (χ4v) is 4.55. The van der Waals surface area contributed by atoms with Gasteiger partial charge in [0.15, 0.2) is 10.9 Å². The predicted molar refractivity (Wildman–Crippen MR) is 146 cm³/mol. The van der Waals surface area contributed by atoms with E-state index in [9.17, 15) is 18.0 Å². The Kier molecular flexibility index (Phi) is 9.29. The summed E-state index contributed by atoms with van der Waals surface area (Å²) >= 11 is 9.34. The highest BCUT2D eigenvalue weighted by atomic mass is 35.5. The summed E-state index contributed by atoms with van der Waals surface area (Å²) in [4.78, 5) is 35.7. The van der Waals surface area contributed by atoms with Crippen molar-refractivity contribution in [3.8, 4) is 5.75 Å². The van der Waals surface area contributed by atoms with Crippen molar-refractivity contribution in [3.05, 3.63) is 70.8 Å². The summed E-state index contributed by atoms with van der Waals surface area (Å²) in [6, 6.07) is 13.2. The monoisotopic (exact) mass is 610 g/mol. The average molecular weight is 611 g/mol. The minimum Gasteiger partial charge on any atom is -0.493 e. The zero-order valence-corrected chi connectivity index (χ0v) is 22.4. The zero-order valence-electron chi connectivity index (χ0n) is 20.0. The van der Waals surface area contributed by atoms with Crippen LogP contribution in [0.25, 0.3) is 0 Å². The number of thiazole rings is 1. The first-order valence-electron chi connectivity index (χ1n) is 11.1. The van der Waals surface area contributed by atoms with Gasteiger partial charge in [-0.3, -0.25) is 10.1 Å². The van der Waals surface area contributed by atoms with Crippen LogP contribution in [0, 0.1) is 0 Å². The van der Waals surface area contributed by atoms with Crippen LogP contribution in [0.15, 0.2) is 65.1 Å². The number of thioether (sulfide) groups is 1. The van der Waals surface area contributed by atoms with Crippen LogP contribution >= 0.6 is 34.7 Å². The largest absolute Gasteiger partial charge is 0.493 e. The summed E-state index contributed by atoms with van der Waals surface area (Å²) in [5.74, 6) is -0.962. The third kappa shape index (κ3) is 8.21. The first-order chi connectivity index (χ1) is 19.1. The summed E-state index contributed by atoms with van der Waals surface area (Å²) in [6.07, 6.45) is -1.93. The van der Waals surface area contributed by atoms with Gasteiger partial charge in [0.25, 0.3) is 5.91 Å². The number of nitrogens with one attached hydrogen (secondary N) is 3. The molecule has 208 valence electrons. The molecule has 2 aromatic heterocycles. The van der Waals surface area contributed by atoms with Gasteiger partial charge in [0, 0.05) is 45.2 Å². The van der Waals surface area contributed by atoms with E-state index in [1.54, 1.807) is 41.5 Å². The summed E-state index contributed by atoms with van der Waals surface area (Å²) in [7, 11) is 0. The molecule has 0 unspecified atom stereocenters. The Morgan fingerprint density at radius 2 is 1.90 bits per heavy atom. The zero-order chi connectivity index (χ0) is 28.7. The lowest BCUT2D eigenvalue weighted by Gasteiger charge is -2.13. The molecular formula is C24H18ClF3N6O4S2. The van der Waals surface area contributed by atoms with Crippen molar-refractivity contribution in [1.82, 2.24) is 15.0 Å². The number of nitrogens with zero attached hydrogens (tertiary/aromatic N) is 3. The van der Waals surface area contributed by atoms with Gasteiger partial charge in [0.1, 0.15) is 10.8 Å². The third-order valence-corrected chi connectivity index (χ3v) is 6.70. The van der Waals surface area contributed by atoms with E-state index in [2.05, 4.69) is 30.9 Å². The lowest BCUT2D eigenvalue weighted by atomic mass is 10.1. The van der Waals surface area contributed by atoms with E-state index < -0.39 is 12.1 Å². The van der Waals surface area contributed by atoms with E-state index in [0.29, 0.717) is 45.5 Å². The van der Waals surface area contributed by atoms with Gasteiger partial charge in [0.05, 0.1) is 12.8 Å². The molecule has 1 aliphatic rings. The quantitative estimate of drug-likeness (QED) is 0.200. The molecule has 0 fully saturated rings. The number of fused-ring (bicyclic) bond motifs is 6. The second-order valence-corrected chi connectivity index (χ2v) is 10.2. The number of aromatic nitrogens is 3. The van der Waals surface area contributed by atoms with Crippen LogP contribution in [0.4, 0.5) is 41.4 Å². The van der Waals surface area contributed by atoms with E-state index in [0.717, 1.165) is 16.3 Å². The molecule has 4 N–H and O–H groups in total. The molecule has 5 rings (SSSR count). The Hall–Kier alpha value is -4.08. The maximum atomic E-state index is 12.8. The van der Waals surface area contributed by atoms with Crippen LogP contribution in [-0.4, -0.2) is 50.5 Å². The molecule has 16 heteroatoms. The number of halogens is 4. The molecule has 2 aromatic carbocycles. The minimum absolute atomic E-state index is 0.291. The average Bonchev–Trinajstić information content (AvgIpc) is 3.41. The second-order valence-electron chi connectivity index (χ2n) is 7.71. The molecule has 0 saturated carbocycles. The SMILES string of the molecule is O=C(Nc1nccs1)c1cc2cc(c1)OCCSc1cccc(c1)Nc1nc(ncc1Cl)N2.O=C(O)C(F)(F)F. The van der Waals surface area contributed by atoms with Crippen molar-refractivity contribution in [2.75, 3.05) is 28.3 Å². The topological polar surface area (TPSA) is 138 Å². The van der Waals surface area contributed by atoms with E-state index in [4.69, 9.17) is 26.2 Å². The van der Waals surface area contributed by atoms with Gasteiger partial charge in [-0.2, -0.15) is 18.2 Å². The molecule has 4 aromatic rings. The molecular weight excluding hydrogens is 593 g/mol. The summed E-state index contributed by atoms with van der Waals surface area (Å²) in [6.45, 7) is 0.468. The van der Waals surface area contributed by atoms with Crippen LogP contribution in [0.2, 0.25) is 5.02 Å². The Morgan fingerprint density at radius 1 is 1.10 bits per heavy atom. The number of carbonyl (C=O) groups is 2. The van der Waals surface area contributed by atoms with Crippen molar-refractivity contribution >= 4 is 74.8 Å². The number of rotatable bonds is 2. The van der Waals surface area contributed by atoms with Gasteiger partial charge in [0.2, 0.25) is 5.95 Å². The van der Waals surface area contributed by atoms with Crippen LogP contribution in [-0.2, 0) is 4.79 Å². The van der Waals surface area contributed by atoms with Crippen molar-refractivity contribution < 1.29 is 32.6 Å². The molecule has 40 heavy (non-hydrogen) atoms. The Morgan fingerprint density at radius 3 is 2.62 bits per heavy atom. The maximum absolute atomic E-state index is 12.8. The first kappa shape index (κ1) is 28.9. The van der Waals surface area contributed by atoms with Crippen molar-refractivity contribution in [2.24, 2.45) is 0 Å². The second kappa shape index (κ2) is 12.8. The number of hydrogen-bond donors (Lipinski definition) is 4. The van der Waals surface area contributed by atoms with Crippen molar-refractivity contribution in [2.45, 2.75) is 11.1 Å². The molecule has 0 saturated heterocycles. The van der Waals surface area contributed by atoms with Gasteiger partial charge in [-0.05, 0) is 30.3 Å². The van der Waals surface area contributed by atoms with Gasteiger partial charge in [-0.15, -0.1) is 23.1 Å². The van der Waals surface area contributed by atoms with E-state index >= 15 is 0 Å². The van der Waals surface area contributed by atoms with Gasteiger partial charge >= 0.3 is 12.1 Å². The van der Waals surface area contributed by atoms with E-state index in [1.807, 2.05) is 24.3 Å².